The molecular weight excluding hydrogens is 268 g/mol. The van der Waals surface area contributed by atoms with Gasteiger partial charge < -0.3 is 14.7 Å². The minimum absolute atomic E-state index is 0.0391. The molecule has 1 amide bonds. The fraction of sp³-hybridized carbons (Fsp3) is 0.562. The number of aliphatic hydroxyl groups is 1. The van der Waals surface area contributed by atoms with E-state index < -0.39 is 6.10 Å². The van der Waals surface area contributed by atoms with Crippen molar-refractivity contribution in [1.29, 1.82) is 0 Å². The summed E-state index contributed by atoms with van der Waals surface area (Å²) in [5, 5.41) is 10.4. The van der Waals surface area contributed by atoms with Gasteiger partial charge in [-0.3, -0.25) is 9.69 Å². The number of benzene rings is 1. The van der Waals surface area contributed by atoms with Crippen LogP contribution in [0.15, 0.2) is 18.2 Å². The van der Waals surface area contributed by atoms with Crippen molar-refractivity contribution in [3.05, 3.63) is 29.3 Å². The zero-order chi connectivity index (χ0) is 15.0. The Kier molecular flexibility index (Phi) is 3.87. The van der Waals surface area contributed by atoms with Crippen LogP contribution >= 0.6 is 0 Å². The van der Waals surface area contributed by atoms with Gasteiger partial charge in [0.1, 0.15) is 18.5 Å². The van der Waals surface area contributed by atoms with Crippen molar-refractivity contribution in [1.82, 2.24) is 9.80 Å². The summed E-state index contributed by atoms with van der Waals surface area (Å²) in [4.78, 5) is 15.6. The highest BCUT2D eigenvalue weighted by atomic mass is 16.5. The molecule has 0 spiro atoms. The van der Waals surface area contributed by atoms with E-state index in [0.29, 0.717) is 6.61 Å². The number of piperazine rings is 1. The molecule has 1 aromatic rings. The molecule has 2 atom stereocenters. The van der Waals surface area contributed by atoms with Gasteiger partial charge in [-0.25, -0.2) is 0 Å². The van der Waals surface area contributed by atoms with Crippen LogP contribution in [-0.4, -0.2) is 59.7 Å². The Morgan fingerprint density at radius 2 is 2.00 bits per heavy atom. The molecular formula is C16H22N2O3. The van der Waals surface area contributed by atoms with E-state index in [0.717, 1.165) is 43.1 Å². The Morgan fingerprint density at radius 1 is 1.29 bits per heavy atom. The molecule has 1 aromatic carbocycles. The van der Waals surface area contributed by atoms with E-state index in [4.69, 9.17) is 4.74 Å². The second-order valence-electron chi connectivity index (χ2n) is 5.86. The lowest BCUT2D eigenvalue weighted by Gasteiger charge is -2.43. The highest BCUT2D eigenvalue weighted by Crippen LogP contribution is 2.38. The Morgan fingerprint density at radius 3 is 2.67 bits per heavy atom. The normalized spacial score (nSPS) is 26.1. The van der Waals surface area contributed by atoms with E-state index in [1.54, 1.807) is 6.92 Å². The molecule has 3 rings (SSSR count). The van der Waals surface area contributed by atoms with Crippen LogP contribution in [0, 0.1) is 6.92 Å². The van der Waals surface area contributed by atoms with Crippen LogP contribution in [0.5, 0.6) is 5.75 Å². The van der Waals surface area contributed by atoms with Crippen molar-refractivity contribution in [2.75, 3.05) is 32.8 Å². The smallest absolute Gasteiger partial charge is 0.219 e. The number of ether oxygens (including phenoxy) is 1. The summed E-state index contributed by atoms with van der Waals surface area (Å²) in [5.41, 5.74) is 2.16. The number of nitrogens with zero attached hydrogens (tertiary/aromatic N) is 2. The van der Waals surface area contributed by atoms with Gasteiger partial charge in [0, 0.05) is 38.7 Å². The SMILES string of the molecule is CC(=O)N1CCN(C2c3cccc(C)c3OCC2O)CC1. The Labute approximate surface area is 125 Å². The zero-order valence-corrected chi connectivity index (χ0v) is 12.6. The summed E-state index contributed by atoms with van der Waals surface area (Å²) in [6.07, 6.45) is -0.525. The summed E-state index contributed by atoms with van der Waals surface area (Å²) >= 11 is 0. The second kappa shape index (κ2) is 5.66. The fourth-order valence-electron chi connectivity index (χ4n) is 3.33. The largest absolute Gasteiger partial charge is 0.490 e. The molecule has 1 saturated heterocycles. The summed E-state index contributed by atoms with van der Waals surface area (Å²) in [6.45, 7) is 6.98. The van der Waals surface area contributed by atoms with Crippen molar-refractivity contribution in [3.63, 3.8) is 0 Å². The fourth-order valence-corrected chi connectivity index (χ4v) is 3.33. The van der Waals surface area contributed by atoms with E-state index in [1.807, 2.05) is 30.0 Å². The first-order chi connectivity index (χ1) is 10.1. The van der Waals surface area contributed by atoms with Crippen molar-refractivity contribution in [3.8, 4) is 5.75 Å². The Balaban J connectivity index is 1.83. The average molecular weight is 290 g/mol. The van der Waals surface area contributed by atoms with Crippen molar-refractivity contribution < 1.29 is 14.6 Å². The number of para-hydroxylation sites is 1. The van der Waals surface area contributed by atoms with Crippen LogP contribution < -0.4 is 4.74 Å². The number of carbonyl (C=O) groups excluding carboxylic acids is 1. The average Bonchev–Trinajstić information content (AvgIpc) is 2.47. The summed E-state index contributed by atoms with van der Waals surface area (Å²) < 4.78 is 5.71. The molecule has 0 bridgehead atoms. The number of hydrogen-bond acceptors (Lipinski definition) is 4. The number of aryl methyl sites for hydroxylation is 1. The molecule has 0 aromatic heterocycles. The molecule has 2 heterocycles. The molecule has 5 heteroatoms. The third kappa shape index (κ3) is 2.63. The molecule has 1 N–H and O–H groups in total. The van der Waals surface area contributed by atoms with Gasteiger partial charge in [0.2, 0.25) is 5.91 Å². The molecule has 2 aliphatic heterocycles. The Bertz CT molecular complexity index is 538. The highest BCUT2D eigenvalue weighted by Gasteiger charge is 2.36. The van der Waals surface area contributed by atoms with E-state index in [9.17, 15) is 9.90 Å². The lowest BCUT2D eigenvalue weighted by atomic mass is 9.94. The highest BCUT2D eigenvalue weighted by molar-refractivity contribution is 5.73. The number of carbonyl (C=O) groups is 1. The second-order valence-corrected chi connectivity index (χ2v) is 5.86. The molecule has 5 nitrogen and oxygen atoms in total. The summed E-state index contributed by atoms with van der Waals surface area (Å²) in [7, 11) is 0. The van der Waals surface area contributed by atoms with Gasteiger partial charge in [0.05, 0.1) is 6.04 Å². The number of amides is 1. The number of aliphatic hydroxyl groups excluding tert-OH is 1. The zero-order valence-electron chi connectivity index (χ0n) is 12.6. The molecule has 0 aliphatic carbocycles. The molecule has 21 heavy (non-hydrogen) atoms. The van der Waals surface area contributed by atoms with Crippen molar-refractivity contribution in [2.45, 2.75) is 26.0 Å². The van der Waals surface area contributed by atoms with Crippen molar-refractivity contribution in [2.24, 2.45) is 0 Å². The molecule has 114 valence electrons. The molecule has 0 radical (unpaired) electrons. The molecule has 2 aliphatic rings. The van der Waals surface area contributed by atoms with Gasteiger partial charge in [-0.15, -0.1) is 0 Å². The maximum atomic E-state index is 11.4. The molecule has 2 unspecified atom stereocenters. The molecule has 0 saturated carbocycles. The third-order valence-electron chi connectivity index (χ3n) is 4.48. The van der Waals surface area contributed by atoms with Crippen LogP contribution in [0.4, 0.5) is 0 Å². The predicted octanol–water partition coefficient (Wildman–Crippen LogP) is 0.954. The Hall–Kier alpha value is -1.59. The quantitative estimate of drug-likeness (QED) is 0.837. The monoisotopic (exact) mass is 290 g/mol. The van der Waals surface area contributed by atoms with E-state index >= 15 is 0 Å². The lowest BCUT2D eigenvalue weighted by molar-refractivity contribution is -0.131. The number of fused-ring (bicyclic) bond motifs is 1. The topological polar surface area (TPSA) is 53.0 Å². The van der Waals surface area contributed by atoms with Gasteiger partial charge >= 0.3 is 0 Å². The summed E-state index contributed by atoms with van der Waals surface area (Å²) in [6, 6.07) is 6.03. The number of rotatable bonds is 1. The van der Waals surface area contributed by atoms with Crippen LogP contribution in [0.3, 0.4) is 0 Å². The molecule has 1 fully saturated rings. The van der Waals surface area contributed by atoms with Gasteiger partial charge in [0.25, 0.3) is 0 Å². The first kappa shape index (κ1) is 14.4. The van der Waals surface area contributed by atoms with E-state index in [1.165, 1.54) is 0 Å². The van der Waals surface area contributed by atoms with Crippen LogP contribution in [0.2, 0.25) is 0 Å². The van der Waals surface area contributed by atoms with Crippen LogP contribution in [-0.2, 0) is 4.79 Å². The van der Waals surface area contributed by atoms with E-state index in [-0.39, 0.29) is 11.9 Å². The summed E-state index contributed by atoms with van der Waals surface area (Å²) in [5.74, 6) is 1.03. The number of hydrogen-bond donors (Lipinski definition) is 1. The van der Waals surface area contributed by atoms with Crippen LogP contribution in [0.25, 0.3) is 0 Å². The van der Waals surface area contributed by atoms with Gasteiger partial charge in [0.15, 0.2) is 0 Å². The maximum absolute atomic E-state index is 11.4. The lowest BCUT2D eigenvalue weighted by Crippen LogP contribution is -2.52. The maximum Gasteiger partial charge on any atom is 0.219 e. The minimum Gasteiger partial charge on any atom is -0.490 e. The third-order valence-corrected chi connectivity index (χ3v) is 4.48. The first-order valence-electron chi connectivity index (χ1n) is 7.48. The van der Waals surface area contributed by atoms with Gasteiger partial charge in [-0.1, -0.05) is 18.2 Å². The van der Waals surface area contributed by atoms with Crippen LogP contribution in [0.1, 0.15) is 24.1 Å². The van der Waals surface area contributed by atoms with Gasteiger partial charge in [-0.2, -0.15) is 0 Å². The predicted molar refractivity (Wildman–Crippen MR) is 79.2 cm³/mol. The first-order valence-corrected chi connectivity index (χ1v) is 7.48. The van der Waals surface area contributed by atoms with E-state index in [2.05, 4.69) is 4.90 Å². The van der Waals surface area contributed by atoms with Gasteiger partial charge in [-0.05, 0) is 12.5 Å². The minimum atomic E-state index is -0.525. The standard InChI is InChI=1S/C16H22N2O3/c1-11-4-3-5-13-15(14(20)10-21-16(11)13)18-8-6-17(7-9-18)12(2)19/h3-5,14-15,20H,6-10H2,1-2H3. The van der Waals surface area contributed by atoms with Crippen molar-refractivity contribution >= 4 is 5.91 Å².